The van der Waals surface area contributed by atoms with Crippen molar-refractivity contribution in [2.75, 3.05) is 19.6 Å². The van der Waals surface area contributed by atoms with Crippen molar-refractivity contribution in [1.82, 2.24) is 15.5 Å². The fraction of sp³-hybridized carbons (Fsp3) is 0.750. The van der Waals surface area contributed by atoms with E-state index in [9.17, 15) is 19.5 Å². The predicted octanol–water partition coefficient (Wildman–Crippen LogP) is -1.26. The summed E-state index contributed by atoms with van der Waals surface area (Å²) in [6.45, 7) is 0.558. The molecule has 20 heavy (non-hydrogen) atoms. The first-order valence-electron chi connectivity index (χ1n) is 6.72. The van der Waals surface area contributed by atoms with E-state index in [0.717, 1.165) is 17.7 Å². The number of aliphatic hydroxyl groups is 1. The molecule has 2 rings (SSSR count). The van der Waals surface area contributed by atoms with Crippen molar-refractivity contribution < 1.29 is 24.6 Å². The van der Waals surface area contributed by atoms with Crippen LogP contribution in [0.2, 0.25) is 0 Å². The Kier molecular flexibility index (Phi) is 4.43. The number of carbonyl (C=O) groups is 3. The Labute approximate surface area is 116 Å². The molecule has 1 aliphatic carbocycles. The van der Waals surface area contributed by atoms with Crippen molar-refractivity contribution in [2.45, 2.75) is 31.4 Å². The summed E-state index contributed by atoms with van der Waals surface area (Å²) >= 11 is 0. The minimum absolute atomic E-state index is 0.000689. The number of hydrogen-bond acceptors (Lipinski definition) is 4. The van der Waals surface area contributed by atoms with E-state index in [1.807, 2.05) is 0 Å². The second-order valence-corrected chi connectivity index (χ2v) is 5.19. The van der Waals surface area contributed by atoms with Gasteiger partial charge in [0, 0.05) is 32.0 Å². The van der Waals surface area contributed by atoms with Crippen LogP contribution in [-0.2, 0) is 9.59 Å². The Hall–Kier alpha value is -1.83. The SMILES string of the molecule is O=C(NCCNC(=O)N1C[C@H](O)C[C@@H]1C(=O)O)C1CC1. The summed E-state index contributed by atoms with van der Waals surface area (Å²) in [4.78, 5) is 35.3. The second-order valence-electron chi connectivity index (χ2n) is 5.19. The minimum atomic E-state index is -1.13. The van der Waals surface area contributed by atoms with Crippen LogP contribution in [0.3, 0.4) is 0 Å². The van der Waals surface area contributed by atoms with Crippen LogP contribution in [-0.4, -0.2) is 64.8 Å². The number of amides is 3. The molecule has 0 unspecified atom stereocenters. The number of carboxylic acid groups (broad SMARTS) is 1. The quantitative estimate of drug-likeness (QED) is 0.470. The topological polar surface area (TPSA) is 119 Å². The minimum Gasteiger partial charge on any atom is -0.480 e. The van der Waals surface area contributed by atoms with Crippen LogP contribution in [0.25, 0.3) is 0 Å². The van der Waals surface area contributed by atoms with Gasteiger partial charge in [-0.2, -0.15) is 0 Å². The van der Waals surface area contributed by atoms with Gasteiger partial charge in [-0.15, -0.1) is 0 Å². The Morgan fingerprint density at radius 1 is 1.15 bits per heavy atom. The second kappa shape index (κ2) is 6.08. The average Bonchev–Trinajstić information content (AvgIpc) is 3.16. The molecule has 8 heteroatoms. The molecule has 0 spiro atoms. The molecule has 112 valence electrons. The highest BCUT2D eigenvalue weighted by Gasteiger charge is 2.38. The number of hydrogen-bond donors (Lipinski definition) is 4. The number of carbonyl (C=O) groups excluding carboxylic acids is 2. The Balaban J connectivity index is 1.70. The molecule has 2 fully saturated rings. The van der Waals surface area contributed by atoms with Gasteiger partial charge in [0.05, 0.1) is 6.10 Å². The summed E-state index contributed by atoms with van der Waals surface area (Å²) in [5.74, 6) is -1.01. The third-order valence-corrected chi connectivity index (χ3v) is 3.47. The number of urea groups is 1. The summed E-state index contributed by atoms with van der Waals surface area (Å²) in [6, 6.07) is -1.53. The summed E-state index contributed by atoms with van der Waals surface area (Å²) in [5, 5.41) is 23.6. The van der Waals surface area contributed by atoms with Gasteiger partial charge in [-0.05, 0) is 12.8 Å². The van der Waals surface area contributed by atoms with Gasteiger partial charge in [0.1, 0.15) is 6.04 Å². The van der Waals surface area contributed by atoms with Gasteiger partial charge in [-0.1, -0.05) is 0 Å². The van der Waals surface area contributed by atoms with Crippen molar-refractivity contribution in [1.29, 1.82) is 0 Å². The first-order chi connectivity index (χ1) is 9.49. The number of β-amino-alcohol motifs (C(OH)–C–C–N with tert-alkyl or cyclic N) is 1. The zero-order valence-corrected chi connectivity index (χ0v) is 11.0. The molecule has 0 aromatic carbocycles. The Bertz CT molecular complexity index is 410. The third-order valence-electron chi connectivity index (χ3n) is 3.47. The summed E-state index contributed by atoms with van der Waals surface area (Å²) in [5.41, 5.74) is 0. The zero-order chi connectivity index (χ0) is 14.7. The van der Waals surface area contributed by atoms with Gasteiger partial charge in [0.2, 0.25) is 5.91 Å². The van der Waals surface area contributed by atoms with Crippen LogP contribution in [0, 0.1) is 5.92 Å². The monoisotopic (exact) mass is 285 g/mol. The van der Waals surface area contributed by atoms with Crippen molar-refractivity contribution in [3.63, 3.8) is 0 Å². The number of rotatable bonds is 5. The van der Waals surface area contributed by atoms with E-state index >= 15 is 0 Å². The number of likely N-dealkylation sites (tertiary alicyclic amines) is 1. The molecule has 0 aromatic rings. The van der Waals surface area contributed by atoms with E-state index in [1.165, 1.54) is 0 Å². The van der Waals surface area contributed by atoms with Crippen LogP contribution < -0.4 is 10.6 Å². The molecule has 8 nitrogen and oxygen atoms in total. The Morgan fingerprint density at radius 2 is 1.80 bits per heavy atom. The van der Waals surface area contributed by atoms with Gasteiger partial charge in [-0.3, -0.25) is 4.79 Å². The number of aliphatic carboxylic acids is 1. The molecule has 4 N–H and O–H groups in total. The average molecular weight is 285 g/mol. The highest BCUT2D eigenvalue weighted by atomic mass is 16.4. The Morgan fingerprint density at radius 3 is 2.40 bits per heavy atom. The van der Waals surface area contributed by atoms with Gasteiger partial charge in [0.25, 0.3) is 0 Å². The lowest BCUT2D eigenvalue weighted by Gasteiger charge is -2.21. The number of nitrogens with zero attached hydrogens (tertiary/aromatic N) is 1. The van der Waals surface area contributed by atoms with E-state index in [1.54, 1.807) is 0 Å². The van der Waals surface area contributed by atoms with Gasteiger partial charge in [-0.25, -0.2) is 9.59 Å². The van der Waals surface area contributed by atoms with Crippen LogP contribution in [0.5, 0.6) is 0 Å². The molecule has 1 heterocycles. The van der Waals surface area contributed by atoms with Crippen LogP contribution in [0.1, 0.15) is 19.3 Å². The highest BCUT2D eigenvalue weighted by molar-refractivity contribution is 5.83. The highest BCUT2D eigenvalue weighted by Crippen LogP contribution is 2.28. The van der Waals surface area contributed by atoms with E-state index in [4.69, 9.17) is 5.11 Å². The molecular weight excluding hydrogens is 266 g/mol. The maximum atomic E-state index is 11.8. The van der Waals surface area contributed by atoms with E-state index in [2.05, 4.69) is 10.6 Å². The first-order valence-corrected chi connectivity index (χ1v) is 6.72. The van der Waals surface area contributed by atoms with Crippen LogP contribution >= 0.6 is 0 Å². The van der Waals surface area contributed by atoms with Crippen LogP contribution in [0.15, 0.2) is 0 Å². The molecule has 1 aliphatic heterocycles. The third kappa shape index (κ3) is 3.60. The number of carboxylic acids is 1. The predicted molar refractivity (Wildman–Crippen MR) is 67.9 cm³/mol. The van der Waals surface area contributed by atoms with E-state index in [0.29, 0.717) is 6.54 Å². The van der Waals surface area contributed by atoms with Crippen molar-refractivity contribution in [2.24, 2.45) is 5.92 Å². The molecule has 2 aliphatic rings. The number of nitrogens with one attached hydrogen (secondary N) is 2. The smallest absolute Gasteiger partial charge is 0.326 e. The zero-order valence-electron chi connectivity index (χ0n) is 11.0. The summed E-state index contributed by atoms with van der Waals surface area (Å²) in [7, 11) is 0. The van der Waals surface area contributed by atoms with Gasteiger partial charge < -0.3 is 25.7 Å². The van der Waals surface area contributed by atoms with Crippen molar-refractivity contribution in [3.8, 4) is 0 Å². The van der Waals surface area contributed by atoms with Gasteiger partial charge >= 0.3 is 12.0 Å². The molecule has 2 atom stereocenters. The molecule has 1 saturated heterocycles. The molecule has 3 amide bonds. The van der Waals surface area contributed by atoms with Crippen molar-refractivity contribution in [3.05, 3.63) is 0 Å². The van der Waals surface area contributed by atoms with E-state index in [-0.39, 0.29) is 31.3 Å². The normalized spacial score (nSPS) is 25.4. The fourth-order valence-electron chi connectivity index (χ4n) is 2.22. The molecule has 0 radical (unpaired) electrons. The van der Waals surface area contributed by atoms with Crippen molar-refractivity contribution >= 4 is 17.9 Å². The molecular formula is C12H19N3O5. The fourth-order valence-corrected chi connectivity index (χ4v) is 2.22. The first kappa shape index (κ1) is 14.6. The lowest BCUT2D eigenvalue weighted by atomic mass is 10.2. The summed E-state index contributed by atoms with van der Waals surface area (Å²) in [6.07, 6.45) is 1.08. The maximum absolute atomic E-state index is 11.8. The largest absolute Gasteiger partial charge is 0.480 e. The maximum Gasteiger partial charge on any atom is 0.326 e. The lowest BCUT2D eigenvalue weighted by molar-refractivity contribution is -0.141. The molecule has 0 aromatic heterocycles. The molecule has 1 saturated carbocycles. The van der Waals surface area contributed by atoms with Gasteiger partial charge in [0.15, 0.2) is 0 Å². The standard InChI is InChI=1S/C12H19N3O5/c16-8-5-9(11(18)19)15(6-8)12(20)14-4-3-13-10(17)7-1-2-7/h7-9,16H,1-6H2,(H,13,17)(H,14,20)(H,18,19)/t8-,9-/m1/s1. The number of aliphatic hydroxyl groups excluding tert-OH is 1. The van der Waals surface area contributed by atoms with E-state index < -0.39 is 24.1 Å². The lowest BCUT2D eigenvalue weighted by Crippen LogP contribution is -2.47. The van der Waals surface area contributed by atoms with Crippen LogP contribution in [0.4, 0.5) is 4.79 Å². The molecule has 0 bridgehead atoms. The summed E-state index contributed by atoms with van der Waals surface area (Å²) < 4.78 is 0.